The molecule has 2 fully saturated rings. The quantitative estimate of drug-likeness (QED) is 0.818. The van der Waals surface area contributed by atoms with Crippen LogP contribution in [-0.4, -0.2) is 55.9 Å². The van der Waals surface area contributed by atoms with Gasteiger partial charge in [0, 0.05) is 32.9 Å². The first-order valence-electron chi connectivity index (χ1n) is 6.92. The summed E-state index contributed by atoms with van der Waals surface area (Å²) in [5.41, 5.74) is 6.13. The number of amides is 1. The molecule has 0 aromatic rings. The average molecular weight is 293 g/mol. The van der Waals surface area contributed by atoms with Crippen LogP contribution in [0.5, 0.6) is 0 Å². The predicted octanol–water partition coefficient (Wildman–Crippen LogP) is 0.799. The number of ether oxygens (including phenoxy) is 2. The molecule has 2 N–H and O–H groups in total. The summed E-state index contributed by atoms with van der Waals surface area (Å²) in [6, 6.07) is -0.376. The number of nitrogens with two attached hydrogens (primary N) is 1. The summed E-state index contributed by atoms with van der Waals surface area (Å²) in [7, 11) is 0. The van der Waals surface area contributed by atoms with Crippen molar-refractivity contribution in [2.24, 2.45) is 11.7 Å². The molecule has 0 spiro atoms. The summed E-state index contributed by atoms with van der Waals surface area (Å²) in [5.74, 6) is 0.352. The van der Waals surface area contributed by atoms with E-state index in [1.807, 2.05) is 11.8 Å². The van der Waals surface area contributed by atoms with Crippen molar-refractivity contribution in [3.05, 3.63) is 0 Å². The highest BCUT2D eigenvalue weighted by Gasteiger charge is 2.31. The number of hydrogen-bond donors (Lipinski definition) is 1. The van der Waals surface area contributed by atoms with Crippen LogP contribution in [0.2, 0.25) is 0 Å². The highest BCUT2D eigenvalue weighted by Crippen LogP contribution is 2.19. The first-order chi connectivity index (χ1) is 8.68. The predicted molar refractivity (Wildman–Crippen MR) is 75.4 cm³/mol. The SMILES string of the molecule is CC1CN(C(=O)C(N)C2CCOCC2)CCCO1.Cl. The number of hydrogen-bond acceptors (Lipinski definition) is 4. The summed E-state index contributed by atoms with van der Waals surface area (Å²) in [4.78, 5) is 14.3. The second-order valence-electron chi connectivity index (χ2n) is 5.29. The first-order valence-corrected chi connectivity index (χ1v) is 6.92. The maximum absolute atomic E-state index is 12.4. The molecule has 0 bridgehead atoms. The maximum atomic E-state index is 12.4. The van der Waals surface area contributed by atoms with Crippen LogP contribution in [-0.2, 0) is 14.3 Å². The summed E-state index contributed by atoms with van der Waals surface area (Å²) in [6.45, 7) is 5.62. The zero-order valence-corrected chi connectivity index (χ0v) is 12.4. The molecule has 0 aromatic heterocycles. The fourth-order valence-electron chi connectivity index (χ4n) is 2.68. The van der Waals surface area contributed by atoms with Gasteiger partial charge in [-0.25, -0.2) is 0 Å². The third-order valence-electron chi connectivity index (χ3n) is 3.82. The Morgan fingerprint density at radius 2 is 2.00 bits per heavy atom. The van der Waals surface area contributed by atoms with E-state index in [2.05, 4.69) is 0 Å². The summed E-state index contributed by atoms with van der Waals surface area (Å²) in [6.07, 6.45) is 2.80. The molecule has 0 saturated carbocycles. The van der Waals surface area contributed by atoms with Crippen molar-refractivity contribution in [1.82, 2.24) is 4.90 Å². The monoisotopic (exact) mass is 292 g/mol. The molecule has 6 heteroatoms. The molecule has 2 aliphatic heterocycles. The fraction of sp³-hybridized carbons (Fsp3) is 0.923. The van der Waals surface area contributed by atoms with Gasteiger partial charge in [-0.1, -0.05) is 0 Å². The summed E-state index contributed by atoms with van der Waals surface area (Å²) < 4.78 is 10.9. The van der Waals surface area contributed by atoms with E-state index in [1.54, 1.807) is 0 Å². The standard InChI is InChI=1S/C13H24N2O3.ClH/c1-10-9-15(5-2-6-18-10)13(16)12(14)11-3-7-17-8-4-11;/h10-12H,2-9,14H2,1H3;1H. The number of rotatable bonds is 2. The second-order valence-corrected chi connectivity index (χ2v) is 5.29. The van der Waals surface area contributed by atoms with Crippen LogP contribution in [0.4, 0.5) is 0 Å². The number of nitrogens with zero attached hydrogens (tertiary/aromatic N) is 1. The van der Waals surface area contributed by atoms with E-state index in [9.17, 15) is 4.79 Å². The van der Waals surface area contributed by atoms with Crippen molar-refractivity contribution < 1.29 is 14.3 Å². The van der Waals surface area contributed by atoms with E-state index in [-0.39, 0.29) is 36.4 Å². The van der Waals surface area contributed by atoms with Gasteiger partial charge in [0.25, 0.3) is 0 Å². The van der Waals surface area contributed by atoms with Gasteiger partial charge in [-0.2, -0.15) is 0 Å². The Hall–Kier alpha value is -0.360. The van der Waals surface area contributed by atoms with Gasteiger partial charge in [-0.15, -0.1) is 12.4 Å². The summed E-state index contributed by atoms with van der Waals surface area (Å²) >= 11 is 0. The molecule has 5 nitrogen and oxygen atoms in total. The van der Waals surface area contributed by atoms with E-state index in [1.165, 1.54) is 0 Å². The molecule has 1 amide bonds. The van der Waals surface area contributed by atoms with Crippen LogP contribution < -0.4 is 5.73 Å². The smallest absolute Gasteiger partial charge is 0.239 e. The van der Waals surface area contributed by atoms with Crippen molar-refractivity contribution in [3.63, 3.8) is 0 Å². The van der Waals surface area contributed by atoms with Crippen LogP contribution in [0, 0.1) is 5.92 Å². The molecule has 2 atom stereocenters. The third kappa shape index (κ3) is 4.60. The molecule has 2 unspecified atom stereocenters. The van der Waals surface area contributed by atoms with E-state index < -0.39 is 0 Å². The highest BCUT2D eigenvalue weighted by molar-refractivity contribution is 5.85. The molecule has 112 valence electrons. The Morgan fingerprint density at radius 1 is 1.32 bits per heavy atom. The first kappa shape index (κ1) is 16.7. The van der Waals surface area contributed by atoms with Gasteiger partial charge in [0.1, 0.15) is 0 Å². The molecule has 2 saturated heterocycles. The van der Waals surface area contributed by atoms with Crippen molar-refractivity contribution in [3.8, 4) is 0 Å². The zero-order chi connectivity index (χ0) is 13.0. The molecular weight excluding hydrogens is 268 g/mol. The van der Waals surface area contributed by atoms with Crippen LogP contribution in [0.25, 0.3) is 0 Å². The molecule has 0 aromatic carbocycles. The molecule has 2 aliphatic rings. The molecular formula is C13H25ClN2O3. The van der Waals surface area contributed by atoms with E-state index in [4.69, 9.17) is 15.2 Å². The number of carbonyl (C=O) groups excluding carboxylic acids is 1. The second kappa shape index (κ2) is 8.04. The lowest BCUT2D eigenvalue weighted by Gasteiger charge is -2.31. The Balaban J connectivity index is 0.00000180. The third-order valence-corrected chi connectivity index (χ3v) is 3.82. The molecule has 19 heavy (non-hydrogen) atoms. The van der Waals surface area contributed by atoms with Crippen LogP contribution in [0.15, 0.2) is 0 Å². The highest BCUT2D eigenvalue weighted by atomic mass is 35.5. The average Bonchev–Trinajstić information content (AvgIpc) is 2.63. The number of carbonyl (C=O) groups is 1. The van der Waals surface area contributed by atoms with Gasteiger partial charge >= 0.3 is 0 Å². The van der Waals surface area contributed by atoms with Crippen LogP contribution in [0.3, 0.4) is 0 Å². The fourth-order valence-corrected chi connectivity index (χ4v) is 2.68. The normalized spacial score (nSPS) is 27.3. The zero-order valence-electron chi connectivity index (χ0n) is 11.5. The lowest BCUT2D eigenvalue weighted by molar-refractivity contribution is -0.135. The minimum absolute atomic E-state index is 0. The van der Waals surface area contributed by atoms with E-state index >= 15 is 0 Å². The lowest BCUT2D eigenvalue weighted by Crippen LogP contribution is -2.50. The van der Waals surface area contributed by atoms with Gasteiger partial charge < -0.3 is 20.1 Å². The van der Waals surface area contributed by atoms with Crippen LogP contribution >= 0.6 is 12.4 Å². The largest absolute Gasteiger partial charge is 0.381 e. The van der Waals surface area contributed by atoms with Crippen molar-refractivity contribution >= 4 is 18.3 Å². The van der Waals surface area contributed by atoms with Gasteiger partial charge in [-0.05, 0) is 32.1 Å². The van der Waals surface area contributed by atoms with Crippen molar-refractivity contribution in [1.29, 1.82) is 0 Å². The van der Waals surface area contributed by atoms with Crippen molar-refractivity contribution in [2.45, 2.75) is 38.3 Å². The molecule has 0 aliphatic carbocycles. The van der Waals surface area contributed by atoms with Gasteiger partial charge in [0.05, 0.1) is 12.1 Å². The van der Waals surface area contributed by atoms with Gasteiger partial charge in [0.15, 0.2) is 0 Å². The van der Waals surface area contributed by atoms with Gasteiger partial charge in [0.2, 0.25) is 5.91 Å². The Labute approximate surface area is 121 Å². The summed E-state index contributed by atoms with van der Waals surface area (Å²) in [5, 5.41) is 0. The topological polar surface area (TPSA) is 64.8 Å². The molecule has 0 radical (unpaired) electrons. The lowest BCUT2D eigenvalue weighted by atomic mass is 9.91. The number of halogens is 1. The Morgan fingerprint density at radius 3 is 2.68 bits per heavy atom. The molecule has 2 heterocycles. The van der Waals surface area contributed by atoms with Crippen LogP contribution in [0.1, 0.15) is 26.2 Å². The Bertz CT molecular complexity index is 285. The maximum Gasteiger partial charge on any atom is 0.239 e. The van der Waals surface area contributed by atoms with Crippen molar-refractivity contribution in [2.75, 3.05) is 32.9 Å². The minimum atomic E-state index is -0.376. The van der Waals surface area contributed by atoms with E-state index in [0.29, 0.717) is 6.54 Å². The van der Waals surface area contributed by atoms with Gasteiger partial charge in [-0.3, -0.25) is 4.79 Å². The minimum Gasteiger partial charge on any atom is -0.381 e. The molecule has 2 rings (SSSR count). The van der Waals surface area contributed by atoms with E-state index in [0.717, 1.165) is 45.6 Å². The Kier molecular flexibility index (Phi) is 7.07.